The highest BCUT2D eigenvalue weighted by molar-refractivity contribution is 5.71. The van der Waals surface area contributed by atoms with Crippen LogP contribution in [0.4, 0.5) is 10.5 Å². The quantitative estimate of drug-likeness (QED) is 0.515. The summed E-state index contributed by atoms with van der Waals surface area (Å²) in [5.41, 5.74) is 12.7. The second kappa shape index (κ2) is 9.80. The molecule has 1 fully saturated rings. The van der Waals surface area contributed by atoms with E-state index in [2.05, 4.69) is 31.3 Å². The van der Waals surface area contributed by atoms with Crippen LogP contribution in [0.25, 0.3) is 11.3 Å². The van der Waals surface area contributed by atoms with Crippen LogP contribution in [-0.4, -0.2) is 35.9 Å². The van der Waals surface area contributed by atoms with Gasteiger partial charge in [-0.1, -0.05) is 12.1 Å². The number of benzene rings is 2. The Labute approximate surface area is 215 Å². The summed E-state index contributed by atoms with van der Waals surface area (Å²) in [4.78, 5) is 30.1. The van der Waals surface area contributed by atoms with Gasteiger partial charge in [0.05, 0.1) is 25.6 Å². The molecule has 2 aromatic carbocycles. The molecule has 2 heterocycles. The first-order valence-electron chi connectivity index (χ1n) is 12.6. The third-order valence-corrected chi connectivity index (χ3v) is 7.21. The van der Waals surface area contributed by atoms with Crippen molar-refractivity contribution in [2.75, 3.05) is 20.8 Å². The number of urea groups is 1. The lowest BCUT2D eigenvalue weighted by Gasteiger charge is -2.24. The fourth-order valence-electron chi connectivity index (χ4n) is 5.19. The molecule has 2 aliphatic rings. The Hall–Kier alpha value is -4.01. The SMILES string of the molecule is COc1cc2c(cc1OC)-c1cc(=Nc3c(C)cc(C4CC4)cc3C)n(CCNC(N)=O)c(=O)n1CC2. The van der Waals surface area contributed by atoms with E-state index in [1.54, 1.807) is 23.4 Å². The predicted octanol–water partition coefficient (Wildman–Crippen LogP) is 3.29. The number of nitrogens with zero attached hydrogens (tertiary/aromatic N) is 3. The average Bonchev–Trinajstić information content (AvgIpc) is 3.72. The minimum Gasteiger partial charge on any atom is -0.493 e. The van der Waals surface area contributed by atoms with E-state index < -0.39 is 6.03 Å². The molecule has 9 nitrogen and oxygen atoms in total. The first kappa shape index (κ1) is 24.7. The number of carbonyl (C=O) groups excluding carboxylic acids is 1. The zero-order valence-corrected chi connectivity index (χ0v) is 21.8. The summed E-state index contributed by atoms with van der Waals surface area (Å²) < 4.78 is 14.4. The number of hydrogen-bond acceptors (Lipinski definition) is 5. The van der Waals surface area contributed by atoms with Crippen molar-refractivity contribution >= 4 is 11.7 Å². The van der Waals surface area contributed by atoms with Crippen molar-refractivity contribution in [2.24, 2.45) is 10.7 Å². The summed E-state index contributed by atoms with van der Waals surface area (Å²) in [6.07, 6.45) is 3.15. The predicted molar refractivity (Wildman–Crippen MR) is 142 cm³/mol. The van der Waals surface area contributed by atoms with Gasteiger partial charge >= 0.3 is 11.7 Å². The molecule has 0 unspecified atom stereocenters. The molecule has 194 valence electrons. The fourth-order valence-corrected chi connectivity index (χ4v) is 5.19. The first-order valence-corrected chi connectivity index (χ1v) is 12.6. The van der Waals surface area contributed by atoms with Gasteiger partial charge < -0.3 is 20.5 Å². The summed E-state index contributed by atoms with van der Waals surface area (Å²) in [7, 11) is 3.22. The van der Waals surface area contributed by atoms with E-state index >= 15 is 0 Å². The number of methoxy groups -OCH3 is 2. The third-order valence-electron chi connectivity index (χ3n) is 7.21. The van der Waals surface area contributed by atoms with Crippen molar-refractivity contribution in [3.8, 4) is 22.8 Å². The molecular weight excluding hydrogens is 470 g/mol. The number of hydrogen-bond donors (Lipinski definition) is 2. The zero-order valence-electron chi connectivity index (χ0n) is 21.8. The maximum Gasteiger partial charge on any atom is 0.330 e. The average molecular weight is 504 g/mol. The summed E-state index contributed by atoms with van der Waals surface area (Å²) in [5.74, 6) is 1.91. The number of aryl methyl sites for hydroxylation is 3. The van der Waals surface area contributed by atoms with Gasteiger partial charge in [-0.25, -0.2) is 14.6 Å². The van der Waals surface area contributed by atoms with Gasteiger partial charge in [-0.3, -0.25) is 9.13 Å². The van der Waals surface area contributed by atoms with Crippen LogP contribution in [0.2, 0.25) is 0 Å². The molecule has 0 radical (unpaired) electrons. The van der Waals surface area contributed by atoms with Crippen LogP contribution in [0.15, 0.2) is 40.1 Å². The monoisotopic (exact) mass is 503 g/mol. The van der Waals surface area contributed by atoms with Gasteiger partial charge in [-0.05, 0) is 73.4 Å². The highest BCUT2D eigenvalue weighted by Gasteiger charge is 2.25. The highest BCUT2D eigenvalue weighted by atomic mass is 16.5. The Balaban J connectivity index is 1.71. The van der Waals surface area contributed by atoms with E-state index in [4.69, 9.17) is 20.2 Å². The minimum absolute atomic E-state index is 0.187. The highest BCUT2D eigenvalue weighted by Crippen LogP contribution is 2.42. The zero-order chi connectivity index (χ0) is 26.3. The summed E-state index contributed by atoms with van der Waals surface area (Å²) >= 11 is 0. The van der Waals surface area contributed by atoms with Gasteiger partial charge in [0.2, 0.25) is 0 Å². The number of ether oxygens (including phenoxy) is 2. The Morgan fingerprint density at radius 3 is 2.38 bits per heavy atom. The van der Waals surface area contributed by atoms with Crippen molar-refractivity contribution in [2.45, 2.75) is 52.1 Å². The maximum absolute atomic E-state index is 13.8. The molecule has 1 saturated carbocycles. The molecule has 0 spiro atoms. The van der Waals surface area contributed by atoms with Gasteiger partial charge in [0.25, 0.3) is 0 Å². The summed E-state index contributed by atoms with van der Waals surface area (Å²) in [6.45, 7) is 5.12. The van der Waals surface area contributed by atoms with Crippen LogP contribution < -0.4 is 31.7 Å². The number of nitrogens with two attached hydrogens (primary N) is 1. The Morgan fingerprint density at radius 2 is 1.76 bits per heavy atom. The number of aromatic nitrogens is 2. The Morgan fingerprint density at radius 1 is 1.08 bits per heavy atom. The largest absolute Gasteiger partial charge is 0.493 e. The standard InChI is InChI=1S/C28H33N5O4/c1-16-11-20(18-5-6-18)12-17(2)26(16)31-25-15-22-21-14-24(37-4)23(36-3)13-19(21)7-9-32(22)28(35)33(25)10-8-30-27(29)34/h11-15,18H,5-10H2,1-4H3,(H3,29,30,34). The number of carbonyl (C=O) groups is 1. The lowest BCUT2D eigenvalue weighted by molar-refractivity contribution is 0.248. The summed E-state index contributed by atoms with van der Waals surface area (Å²) in [5, 5.41) is 2.58. The molecule has 1 aromatic heterocycles. The molecule has 9 heteroatoms. The number of amides is 2. The van der Waals surface area contributed by atoms with Crippen molar-refractivity contribution < 1.29 is 14.3 Å². The molecule has 3 aromatic rings. The molecule has 1 aliphatic carbocycles. The van der Waals surface area contributed by atoms with Gasteiger partial charge in [0, 0.05) is 31.3 Å². The van der Waals surface area contributed by atoms with E-state index in [-0.39, 0.29) is 18.8 Å². The van der Waals surface area contributed by atoms with Crippen LogP contribution in [-0.2, 0) is 19.5 Å². The molecule has 2 amide bonds. The normalized spacial score (nSPS) is 14.6. The molecule has 0 saturated heterocycles. The molecule has 0 bridgehead atoms. The smallest absolute Gasteiger partial charge is 0.330 e. The van der Waals surface area contributed by atoms with E-state index in [0.717, 1.165) is 33.6 Å². The molecule has 1 aliphatic heterocycles. The van der Waals surface area contributed by atoms with Crippen molar-refractivity contribution in [3.63, 3.8) is 0 Å². The second-order valence-corrected chi connectivity index (χ2v) is 9.77. The molecular formula is C28H33N5O4. The molecule has 0 atom stereocenters. The molecule has 37 heavy (non-hydrogen) atoms. The molecule has 3 N–H and O–H groups in total. The summed E-state index contributed by atoms with van der Waals surface area (Å²) in [6, 6.07) is 9.63. The number of fused-ring (bicyclic) bond motifs is 3. The maximum atomic E-state index is 13.8. The van der Waals surface area contributed by atoms with Crippen LogP contribution >= 0.6 is 0 Å². The van der Waals surface area contributed by atoms with Gasteiger partial charge in [0.15, 0.2) is 11.5 Å². The number of nitrogens with one attached hydrogen (secondary N) is 1. The Kier molecular flexibility index (Phi) is 6.54. The van der Waals surface area contributed by atoms with Crippen LogP contribution in [0.3, 0.4) is 0 Å². The fraction of sp³-hybridized carbons (Fsp3) is 0.393. The van der Waals surface area contributed by atoms with E-state index in [1.165, 1.54) is 18.4 Å². The van der Waals surface area contributed by atoms with E-state index in [0.29, 0.717) is 35.9 Å². The van der Waals surface area contributed by atoms with Crippen LogP contribution in [0, 0.1) is 13.8 Å². The Bertz CT molecular complexity index is 1490. The van der Waals surface area contributed by atoms with E-state index in [1.807, 2.05) is 18.2 Å². The van der Waals surface area contributed by atoms with Crippen LogP contribution in [0.5, 0.6) is 11.5 Å². The molecule has 5 rings (SSSR count). The van der Waals surface area contributed by atoms with Gasteiger partial charge in [-0.15, -0.1) is 0 Å². The van der Waals surface area contributed by atoms with Crippen molar-refractivity contribution in [3.05, 3.63) is 68.6 Å². The first-order chi connectivity index (χ1) is 17.8. The third kappa shape index (κ3) is 4.73. The van der Waals surface area contributed by atoms with Crippen molar-refractivity contribution in [1.29, 1.82) is 0 Å². The second-order valence-electron chi connectivity index (χ2n) is 9.77. The minimum atomic E-state index is -0.630. The van der Waals surface area contributed by atoms with Gasteiger partial charge in [-0.2, -0.15) is 0 Å². The van der Waals surface area contributed by atoms with Crippen LogP contribution in [0.1, 0.15) is 41.0 Å². The number of primary amides is 1. The number of rotatable bonds is 7. The lowest BCUT2D eigenvalue weighted by atomic mass is 9.97. The van der Waals surface area contributed by atoms with Gasteiger partial charge in [0.1, 0.15) is 5.49 Å². The lowest BCUT2D eigenvalue weighted by Crippen LogP contribution is -2.44. The van der Waals surface area contributed by atoms with Crippen molar-refractivity contribution in [1.82, 2.24) is 14.5 Å². The van der Waals surface area contributed by atoms with E-state index in [9.17, 15) is 9.59 Å². The topological polar surface area (TPSA) is 113 Å².